The number of aryl methyl sites for hydroxylation is 1. The SMILES string of the molecule is CCCNS(=O)(=O)c1cc(Br)c(C)cc1Br. The molecule has 0 unspecified atom stereocenters. The van der Waals surface area contributed by atoms with Gasteiger partial charge in [0, 0.05) is 15.5 Å². The zero-order chi connectivity index (χ0) is 12.3. The highest BCUT2D eigenvalue weighted by Crippen LogP contribution is 2.28. The van der Waals surface area contributed by atoms with Gasteiger partial charge in [-0.2, -0.15) is 0 Å². The van der Waals surface area contributed by atoms with E-state index in [0.717, 1.165) is 16.5 Å². The van der Waals surface area contributed by atoms with E-state index in [1.54, 1.807) is 12.1 Å². The normalized spacial score (nSPS) is 11.8. The van der Waals surface area contributed by atoms with E-state index in [4.69, 9.17) is 0 Å². The van der Waals surface area contributed by atoms with Crippen molar-refractivity contribution in [2.45, 2.75) is 25.2 Å². The van der Waals surface area contributed by atoms with E-state index >= 15 is 0 Å². The van der Waals surface area contributed by atoms with Crippen molar-refractivity contribution in [3.8, 4) is 0 Å². The molecule has 0 saturated carbocycles. The maximum absolute atomic E-state index is 11.9. The van der Waals surface area contributed by atoms with Gasteiger partial charge in [-0.25, -0.2) is 13.1 Å². The molecule has 3 nitrogen and oxygen atoms in total. The van der Waals surface area contributed by atoms with Gasteiger partial charge in [0.1, 0.15) is 0 Å². The van der Waals surface area contributed by atoms with Gasteiger partial charge in [0.2, 0.25) is 10.0 Å². The number of halogens is 2. The Hall–Kier alpha value is 0.0900. The highest BCUT2D eigenvalue weighted by Gasteiger charge is 2.18. The molecule has 0 aliphatic carbocycles. The van der Waals surface area contributed by atoms with Crippen molar-refractivity contribution in [3.63, 3.8) is 0 Å². The lowest BCUT2D eigenvalue weighted by Crippen LogP contribution is -2.24. The third kappa shape index (κ3) is 3.29. The standard InChI is InChI=1S/C10H13Br2NO2S/c1-3-4-13-16(14,15)10-6-8(11)7(2)5-9(10)12/h5-6,13H,3-4H2,1-2H3. The summed E-state index contributed by atoms with van der Waals surface area (Å²) in [6.07, 6.45) is 0.768. The summed E-state index contributed by atoms with van der Waals surface area (Å²) >= 11 is 6.60. The zero-order valence-electron chi connectivity index (χ0n) is 9.05. The second kappa shape index (κ2) is 5.62. The van der Waals surface area contributed by atoms with E-state index in [-0.39, 0.29) is 4.90 Å². The molecule has 0 radical (unpaired) electrons. The Bertz CT molecular complexity index is 486. The van der Waals surface area contributed by atoms with Crippen molar-refractivity contribution in [1.82, 2.24) is 4.72 Å². The maximum atomic E-state index is 11.9. The van der Waals surface area contributed by atoms with E-state index in [1.807, 2.05) is 13.8 Å². The molecule has 90 valence electrons. The summed E-state index contributed by atoms with van der Waals surface area (Å²) in [4.78, 5) is 0.262. The van der Waals surface area contributed by atoms with Crippen molar-refractivity contribution in [2.75, 3.05) is 6.54 Å². The molecule has 0 aliphatic rings. The van der Waals surface area contributed by atoms with Gasteiger partial charge in [-0.3, -0.25) is 0 Å². The Morgan fingerprint density at radius 1 is 1.25 bits per heavy atom. The summed E-state index contributed by atoms with van der Waals surface area (Å²) in [6, 6.07) is 3.39. The molecule has 1 aromatic carbocycles. The summed E-state index contributed by atoms with van der Waals surface area (Å²) in [7, 11) is -3.42. The molecular formula is C10H13Br2NO2S. The van der Waals surface area contributed by atoms with Crippen LogP contribution in [0, 0.1) is 6.92 Å². The Kier molecular flexibility index (Phi) is 4.97. The van der Waals surface area contributed by atoms with Crippen LogP contribution in [0.5, 0.6) is 0 Å². The fourth-order valence-electron chi connectivity index (χ4n) is 1.15. The molecule has 0 amide bonds. The highest BCUT2D eigenvalue weighted by molar-refractivity contribution is 9.11. The molecule has 0 aromatic heterocycles. The first-order valence-corrected chi connectivity index (χ1v) is 7.90. The van der Waals surface area contributed by atoms with Crippen LogP contribution in [-0.4, -0.2) is 15.0 Å². The zero-order valence-corrected chi connectivity index (χ0v) is 13.0. The van der Waals surface area contributed by atoms with Gasteiger partial charge in [-0.15, -0.1) is 0 Å². The Morgan fingerprint density at radius 2 is 1.88 bits per heavy atom. The summed E-state index contributed by atoms with van der Waals surface area (Å²) in [5.41, 5.74) is 0.987. The van der Waals surface area contributed by atoms with E-state index < -0.39 is 10.0 Å². The van der Waals surface area contributed by atoms with Crippen LogP contribution in [0.2, 0.25) is 0 Å². The van der Waals surface area contributed by atoms with Crippen LogP contribution in [0.1, 0.15) is 18.9 Å². The van der Waals surface area contributed by atoms with Gasteiger partial charge >= 0.3 is 0 Å². The topological polar surface area (TPSA) is 46.2 Å². The molecule has 16 heavy (non-hydrogen) atoms. The van der Waals surface area contributed by atoms with Crippen molar-refractivity contribution < 1.29 is 8.42 Å². The van der Waals surface area contributed by atoms with Gasteiger partial charge < -0.3 is 0 Å². The first kappa shape index (κ1) is 14.2. The first-order valence-electron chi connectivity index (χ1n) is 4.83. The molecule has 1 rings (SSSR count). The molecule has 0 saturated heterocycles. The number of benzene rings is 1. The van der Waals surface area contributed by atoms with Gasteiger partial charge in [0.05, 0.1) is 4.90 Å². The van der Waals surface area contributed by atoms with E-state index in [0.29, 0.717) is 11.0 Å². The third-order valence-corrected chi connectivity index (χ3v) is 5.32. The molecule has 0 atom stereocenters. The summed E-state index contributed by atoms with van der Waals surface area (Å²) in [5.74, 6) is 0. The van der Waals surface area contributed by atoms with Gasteiger partial charge in [-0.05, 0) is 47.0 Å². The molecule has 6 heteroatoms. The number of rotatable bonds is 4. The largest absolute Gasteiger partial charge is 0.241 e. The highest BCUT2D eigenvalue weighted by atomic mass is 79.9. The minimum Gasteiger partial charge on any atom is -0.211 e. The Morgan fingerprint density at radius 3 is 2.44 bits per heavy atom. The number of nitrogens with one attached hydrogen (secondary N) is 1. The molecular weight excluding hydrogens is 358 g/mol. The summed E-state index contributed by atoms with van der Waals surface area (Å²) in [5, 5.41) is 0. The summed E-state index contributed by atoms with van der Waals surface area (Å²) in [6.45, 7) is 4.27. The van der Waals surface area contributed by atoms with Gasteiger partial charge in [0.15, 0.2) is 0 Å². The smallest absolute Gasteiger partial charge is 0.211 e. The van der Waals surface area contributed by atoms with E-state index in [9.17, 15) is 8.42 Å². The van der Waals surface area contributed by atoms with Crippen molar-refractivity contribution in [2.24, 2.45) is 0 Å². The number of hydrogen-bond donors (Lipinski definition) is 1. The Balaban J connectivity index is 3.18. The maximum Gasteiger partial charge on any atom is 0.241 e. The van der Waals surface area contributed by atoms with Crippen molar-refractivity contribution >= 4 is 41.9 Å². The average molecular weight is 371 g/mol. The summed E-state index contributed by atoms with van der Waals surface area (Å²) < 4.78 is 27.7. The van der Waals surface area contributed by atoms with Crippen LogP contribution < -0.4 is 4.72 Å². The van der Waals surface area contributed by atoms with Crippen molar-refractivity contribution in [3.05, 3.63) is 26.6 Å². The fraction of sp³-hybridized carbons (Fsp3) is 0.400. The van der Waals surface area contributed by atoms with Crippen LogP contribution in [0.4, 0.5) is 0 Å². The first-order chi connectivity index (χ1) is 7.38. The van der Waals surface area contributed by atoms with Crippen LogP contribution >= 0.6 is 31.9 Å². The Labute approximate surface area is 113 Å². The second-order valence-electron chi connectivity index (χ2n) is 3.43. The predicted molar refractivity (Wildman–Crippen MR) is 72.1 cm³/mol. The molecule has 1 aromatic rings. The molecule has 0 spiro atoms. The molecule has 0 heterocycles. The molecule has 0 aliphatic heterocycles. The van der Waals surface area contributed by atoms with Crippen LogP contribution in [-0.2, 0) is 10.0 Å². The quantitative estimate of drug-likeness (QED) is 0.884. The van der Waals surface area contributed by atoms with Crippen LogP contribution in [0.25, 0.3) is 0 Å². The van der Waals surface area contributed by atoms with E-state index in [1.165, 1.54) is 0 Å². The molecule has 0 bridgehead atoms. The molecule has 0 fully saturated rings. The number of hydrogen-bond acceptors (Lipinski definition) is 2. The van der Waals surface area contributed by atoms with Crippen molar-refractivity contribution in [1.29, 1.82) is 0 Å². The van der Waals surface area contributed by atoms with Crippen LogP contribution in [0.15, 0.2) is 26.0 Å². The van der Waals surface area contributed by atoms with Gasteiger partial charge in [-0.1, -0.05) is 22.9 Å². The van der Waals surface area contributed by atoms with Gasteiger partial charge in [0.25, 0.3) is 0 Å². The minimum atomic E-state index is -3.42. The minimum absolute atomic E-state index is 0.262. The predicted octanol–water partition coefficient (Wildman–Crippen LogP) is 3.21. The van der Waals surface area contributed by atoms with E-state index in [2.05, 4.69) is 36.6 Å². The second-order valence-corrected chi connectivity index (χ2v) is 6.87. The lowest BCUT2D eigenvalue weighted by molar-refractivity contribution is 0.580. The monoisotopic (exact) mass is 369 g/mol. The number of sulfonamides is 1. The molecule has 1 N–H and O–H groups in total. The lowest BCUT2D eigenvalue weighted by Gasteiger charge is -2.09. The van der Waals surface area contributed by atoms with Crippen LogP contribution in [0.3, 0.4) is 0 Å². The lowest BCUT2D eigenvalue weighted by atomic mass is 10.2. The third-order valence-electron chi connectivity index (χ3n) is 2.04. The average Bonchev–Trinajstić information content (AvgIpc) is 2.20. The fourth-order valence-corrected chi connectivity index (χ4v) is 3.96.